The molecular formula is C37H42F3N7O4. The molecule has 1 spiro atoms. The number of urea groups is 1. The summed E-state index contributed by atoms with van der Waals surface area (Å²) < 4.78 is 42.6. The molecule has 14 heteroatoms. The van der Waals surface area contributed by atoms with Crippen LogP contribution in [0.1, 0.15) is 47.1 Å². The number of halogens is 3. The minimum absolute atomic E-state index is 0.0234. The first kappa shape index (κ1) is 35.8. The number of hydrogen-bond acceptors (Lipinski definition) is 6. The molecule has 6 rings (SSSR count). The summed E-state index contributed by atoms with van der Waals surface area (Å²) in [4.78, 5) is 62.3. The predicted molar refractivity (Wildman–Crippen MR) is 185 cm³/mol. The Bertz CT molecular complexity index is 1840. The van der Waals surface area contributed by atoms with Crippen LogP contribution in [0.3, 0.4) is 0 Å². The molecule has 1 atom stereocenters. The van der Waals surface area contributed by atoms with Gasteiger partial charge in [-0.1, -0.05) is 36.4 Å². The van der Waals surface area contributed by atoms with Crippen LogP contribution < -0.4 is 16.0 Å². The fraction of sp³-hybridized carbons (Fsp3) is 0.432. The Balaban J connectivity index is 1.25. The second-order valence-corrected chi connectivity index (χ2v) is 14.0. The SMILES string of the molecule is CNCc1ccccc1CN(CC(=O)Nc1ccc2c(c1)CC1(C2)C(=O)Nc2ncccc21)C(=O)C1(CC(F)(F)F)CCN(C(=O)N(C)C)CC1. The Morgan fingerprint density at radius 3 is 2.37 bits per heavy atom. The van der Waals surface area contributed by atoms with E-state index in [1.807, 2.05) is 24.3 Å². The molecule has 270 valence electrons. The number of benzene rings is 2. The molecule has 3 heterocycles. The number of fused-ring (bicyclic) bond motifs is 3. The summed E-state index contributed by atoms with van der Waals surface area (Å²) in [6.07, 6.45) is -3.89. The third-order valence-electron chi connectivity index (χ3n) is 10.3. The number of likely N-dealkylation sites (tertiary alicyclic amines) is 1. The molecule has 1 aromatic heterocycles. The van der Waals surface area contributed by atoms with Crippen LogP contribution >= 0.6 is 0 Å². The first-order valence-electron chi connectivity index (χ1n) is 17.0. The van der Waals surface area contributed by atoms with Gasteiger partial charge >= 0.3 is 12.2 Å². The zero-order valence-electron chi connectivity index (χ0n) is 28.9. The van der Waals surface area contributed by atoms with Crippen molar-refractivity contribution in [2.24, 2.45) is 5.41 Å². The van der Waals surface area contributed by atoms with Gasteiger partial charge in [-0.2, -0.15) is 13.2 Å². The maximum Gasteiger partial charge on any atom is 0.390 e. The highest BCUT2D eigenvalue weighted by molar-refractivity contribution is 6.06. The van der Waals surface area contributed by atoms with Crippen molar-refractivity contribution >= 4 is 35.3 Å². The van der Waals surface area contributed by atoms with Gasteiger partial charge in [0.25, 0.3) is 0 Å². The van der Waals surface area contributed by atoms with E-state index in [9.17, 15) is 32.3 Å². The number of nitrogens with zero attached hydrogens (tertiary/aromatic N) is 4. The Morgan fingerprint density at radius 2 is 1.69 bits per heavy atom. The minimum atomic E-state index is -4.66. The van der Waals surface area contributed by atoms with Crippen molar-refractivity contribution in [3.63, 3.8) is 0 Å². The second kappa shape index (κ2) is 14.0. The van der Waals surface area contributed by atoms with Crippen molar-refractivity contribution in [2.45, 2.75) is 56.8 Å². The van der Waals surface area contributed by atoms with Crippen LogP contribution in [0.2, 0.25) is 0 Å². The van der Waals surface area contributed by atoms with E-state index in [1.165, 1.54) is 14.7 Å². The lowest BCUT2D eigenvalue weighted by Crippen LogP contribution is -2.55. The Labute approximate surface area is 294 Å². The van der Waals surface area contributed by atoms with E-state index in [0.29, 0.717) is 36.5 Å². The number of piperidine rings is 1. The Morgan fingerprint density at radius 1 is 0.980 bits per heavy atom. The van der Waals surface area contributed by atoms with E-state index in [4.69, 9.17) is 0 Å². The van der Waals surface area contributed by atoms with Crippen LogP contribution in [0.4, 0.5) is 29.5 Å². The fourth-order valence-corrected chi connectivity index (χ4v) is 7.79. The van der Waals surface area contributed by atoms with Crippen molar-refractivity contribution in [1.82, 2.24) is 25.0 Å². The molecule has 2 aromatic carbocycles. The van der Waals surface area contributed by atoms with Crippen LogP contribution in [-0.4, -0.2) is 90.4 Å². The van der Waals surface area contributed by atoms with Gasteiger partial charge in [0.05, 0.1) is 17.3 Å². The first-order chi connectivity index (χ1) is 24.2. The lowest BCUT2D eigenvalue weighted by atomic mass is 9.74. The molecule has 3 aliphatic rings. The second-order valence-electron chi connectivity index (χ2n) is 14.0. The number of hydrogen-bond donors (Lipinski definition) is 3. The molecule has 2 aliphatic heterocycles. The lowest BCUT2D eigenvalue weighted by Gasteiger charge is -2.44. The summed E-state index contributed by atoms with van der Waals surface area (Å²) in [5, 5.41) is 8.80. The number of nitrogens with one attached hydrogen (secondary N) is 3. The topological polar surface area (TPSA) is 127 Å². The lowest BCUT2D eigenvalue weighted by molar-refractivity contribution is -0.180. The number of carbonyl (C=O) groups is 4. The average Bonchev–Trinajstić information content (AvgIpc) is 3.60. The van der Waals surface area contributed by atoms with E-state index in [0.717, 1.165) is 22.3 Å². The van der Waals surface area contributed by atoms with Crippen molar-refractivity contribution in [1.29, 1.82) is 0 Å². The van der Waals surface area contributed by atoms with Gasteiger partial charge in [0, 0.05) is 57.7 Å². The van der Waals surface area contributed by atoms with Gasteiger partial charge in [0.1, 0.15) is 12.4 Å². The maximum atomic E-state index is 14.5. The van der Waals surface area contributed by atoms with Gasteiger partial charge in [-0.3, -0.25) is 14.4 Å². The number of aromatic nitrogens is 1. The van der Waals surface area contributed by atoms with Crippen molar-refractivity contribution in [3.05, 3.63) is 88.6 Å². The average molecular weight is 706 g/mol. The molecule has 0 saturated carbocycles. The first-order valence-corrected chi connectivity index (χ1v) is 17.0. The quantitative estimate of drug-likeness (QED) is 0.302. The number of alkyl halides is 3. The van der Waals surface area contributed by atoms with Gasteiger partial charge in [-0.15, -0.1) is 0 Å². The summed E-state index contributed by atoms with van der Waals surface area (Å²) in [5.74, 6) is -0.933. The summed E-state index contributed by atoms with van der Waals surface area (Å²) in [6, 6.07) is 16.0. The van der Waals surface area contributed by atoms with E-state index in [-0.39, 0.29) is 44.4 Å². The Hall–Kier alpha value is -4.98. The van der Waals surface area contributed by atoms with Gasteiger partial charge in [0.15, 0.2) is 0 Å². The summed E-state index contributed by atoms with van der Waals surface area (Å²) in [7, 11) is 4.89. The zero-order valence-corrected chi connectivity index (χ0v) is 28.9. The maximum absolute atomic E-state index is 14.5. The molecule has 1 saturated heterocycles. The largest absolute Gasteiger partial charge is 0.390 e. The third kappa shape index (κ3) is 7.27. The van der Waals surface area contributed by atoms with E-state index in [1.54, 1.807) is 57.7 Å². The summed E-state index contributed by atoms with van der Waals surface area (Å²) >= 11 is 0. The Kier molecular flexibility index (Phi) is 9.82. The zero-order chi connectivity index (χ0) is 36.6. The van der Waals surface area contributed by atoms with Gasteiger partial charge in [-0.25, -0.2) is 9.78 Å². The van der Waals surface area contributed by atoms with Gasteiger partial charge < -0.3 is 30.7 Å². The highest BCUT2D eigenvalue weighted by Gasteiger charge is 2.52. The molecule has 0 bridgehead atoms. The number of anilines is 2. The van der Waals surface area contributed by atoms with E-state index < -0.39 is 41.8 Å². The standard InChI is InChI=1S/C37H42F3N7O4/c1-41-20-25-7-4-5-8-26(25)21-47(33(50)35(23-37(38,39)40)12-15-46(16-13-35)34(51)45(2)3)22-30(48)43-28-11-10-24-18-36(19-27(24)17-28)29-9-6-14-42-31(29)44-32(36)49/h4-11,14,17,41H,12-13,15-16,18-23H2,1-3H3,(H,43,48)(H,42,44,49). The summed E-state index contributed by atoms with van der Waals surface area (Å²) in [6.45, 7) is -0.169. The minimum Gasteiger partial charge on any atom is -0.331 e. The molecule has 1 fully saturated rings. The normalized spacial score (nSPS) is 18.9. The van der Waals surface area contributed by atoms with Crippen LogP contribution in [0.15, 0.2) is 60.8 Å². The smallest absolute Gasteiger partial charge is 0.331 e. The van der Waals surface area contributed by atoms with Crippen LogP contribution in [0.5, 0.6) is 0 Å². The van der Waals surface area contributed by atoms with Crippen LogP contribution in [0.25, 0.3) is 0 Å². The molecular weight excluding hydrogens is 663 g/mol. The number of pyridine rings is 1. The highest BCUT2D eigenvalue weighted by Crippen LogP contribution is 2.47. The molecule has 1 unspecified atom stereocenters. The predicted octanol–water partition coefficient (Wildman–Crippen LogP) is 4.47. The molecule has 0 radical (unpaired) electrons. The van der Waals surface area contributed by atoms with Gasteiger partial charge in [-0.05, 0) is 73.2 Å². The van der Waals surface area contributed by atoms with Crippen LogP contribution in [-0.2, 0) is 45.7 Å². The van der Waals surface area contributed by atoms with Gasteiger partial charge in [0.2, 0.25) is 17.7 Å². The number of amides is 5. The third-order valence-corrected chi connectivity index (χ3v) is 10.3. The van der Waals surface area contributed by atoms with Crippen molar-refractivity contribution < 1.29 is 32.3 Å². The van der Waals surface area contributed by atoms with E-state index >= 15 is 0 Å². The molecule has 5 amide bonds. The molecule has 3 N–H and O–H groups in total. The summed E-state index contributed by atoms with van der Waals surface area (Å²) in [5.41, 5.74) is 2.02. The monoisotopic (exact) mass is 705 g/mol. The molecule has 51 heavy (non-hydrogen) atoms. The fourth-order valence-electron chi connectivity index (χ4n) is 7.79. The van der Waals surface area contributed by atoms with E-state index in [2.05, 4.69) is 20.9 Å². The molecule has 3 aromatic rings. The van der Waals surface area contributed by atoms with Crippen molar-refractivity contribution in [3.8, 4) is 0 Å². The molecule has 1 aliphatic carbocycles. The number of carbonyl (C=O) groups excluding carboxylic acids is 4. The highest BCUT2D eigenvalue weighted by atomic mass is 19.4. The molecule has 11 nitrogen and oxygen atoms in total. The van der Waals surface area contributed by atoms with Crippen molar-refractivity contribution in [2.75, 3.05) is 51.4 Å². The number of rotatable bonds is 9. The van der Waals surface area contributed by atoms with Crippen LogP contribution in [0, 0.1) is 5.41 Å².